The molecule has 0 unspecified atom stereocenters. The lowest BCUT2D eigenvalue weighted by molar-refractivity contribution is 0.173. The zero-order valence-electron chi connectivity index (χ0n) is 12.4. The predicted molar refractivity (Wildman–Crippen MR) is 89.1 cm³/mol. The van der Waals surface area contributed by atoms with E-state index in [1.54, 1.807) is 19.2 Å². The van der Waals surface area contributed by atoms with Crippen LogP contribution in [-0.4, -0.2) is 19.9 Å². The van der Waals surface area contributed by atoms with Gasteiger partial charge in [-0.3, -0.25) is 0 Å². The van der Waals surface area contributed by atoms with Crippen molar-refractivity contribution in [3.63, 3.8) is 0 Å². The fraction of sp³-hybridized carbons (Fsp3) is 0.188. The van der Waals surface area contributed by atoms with Crippen molar-refractivity contribution in [2.24, 2.45) is 0 Å². The summed E-state index contributed by atoms with van der Waals surface area (Å²) in [6.45, 7) is 0.576. The summed E-state index contributed by atoms with van der Waals surface area (Å²) in [5.74, 6) is 2.04. The molecule has 0 radical (unpaired) electrons. The van der Waals surface area contributed by atoms with Crippen molar-refractivity contribution >= 4 is 27.6 Å². The molecule has 0 bridgehead atoms. The number of carbonyl (C=O) groups is 1. The van der Waals surface area contributed by atoms with Crippen LogP contribution in [0.5, 0.6) is 17.2 Å². The van der Waals surface area contributed by atoms with Crippen LogP contribution in [0.25, 0.3) is 0 Å². The van der Waals surface area contributed by atoms with Gasteiger partial charge in [0.25, 0.3) is 0 Å². The highest BCUT2D eigenvalue weighted by atomic mass is 79.9. The topological polar surface area (TPSA) is 68.8 Å². The first-order chi connectivity index (χ1) is 11.2. The Hall–Kier alpha value is -2.41. The lowest BCUT2D eigenvalue weighted by Gasteiger charge is -2.10. The fourth-order valence-electron chi connectivity index (χ4n) is 2.18. The van der Waals surface area contributed by atoms with Gasteiger partial charge in [0.1, 0.15) is 5.75 Å². The number of ether oxygens (including phenoxy) is 3. The number of rotatable bonds is 4. The van der Waals surface area contributed by atoms with Crippen molar-refractivity contribution in [2.45, 2.75) is 6.54 Å². The number of hydrogen-bond acceptors (Lipinski definition) is 4. The fourth-order valence-corrected chi connectivity index (χ4v) is 2.79. The maximum absolute atomic E-state index is 12.0. The minimum Gasteiger partial charge on any atom is -0.497 e. The SMILES string of the molecule is COc1cccc(NC(=O)NCc2cc(Br)c3c(c2)OCO3)c1. The molecular formula is C16H15BrN2O4. The van der Waals surface area contributed by atoms with Gasteiger partial charge in [0, 0.05) is 18.3 Å². The summed E-state index contributed by atoms with van der Waals surface area (Å²) in [5, 5.41) is 5.55. The average Bonchev–Trinajstić information content (AvgIpc) is 3.02. The Kier molecular flexibility index (Phi) is 4.57. The van der Waals surface area contributed by atoms with Crippen LogP contribution in [0.4, 0.5) is 10.5 Å². The third-order valence-corrected chi connectivity index (χ3v) is 3.86. The largest absolute Gasteiger partial charge is 0.497 e. The van der Waals surface area contributed by atoms with Gasteiger partial charge in [-0.1, -0.05) is 6.07 Å². The first-order valence-electron chi connectivity index (χ1n) is 6.92. The second kappa shape index (κ2) is 6.78. The van der Waals surface area contributed by atoms with Crippen LogP contribution in [0.3, 0.4) is 0 Å². The molecule has 1 heterocycles. The summed E-state index contributed by atoms with van der Waals surface area (Å²) < 4.78 is 16.6. The van der Waals surface area contributed by atoms with E-state index in [1.165, 1.54) is 0 Å². The lowest BCUT2D eigenvalue weighted by atomic mass is 10.2. The van der Waals surface area contributed by atoms with E-state index >= 15 is 0 Å². The molecule has 2 aromatic rings. The predicted octanol–water partition coefficient (Wildman–Crippen LogP) is 3.51. The maximum atomic E-state index is 12.0. The summed E-state index contributed by atoms with van der Waals surface area (Å²) in [4.78, 5) is 12.0. The Morgan fingerprint density at radius 3 is 3.00 bits per heavy atom. The van der Waals surface area contributed by atoms with Gasteiger partial charge in [0.05, 0.1) is 11.6 Å². The minimum atomic E-state index is -0.299. The Labute approximate surface area is 141 Å². The number of anilines is 1. The van der Waals surface area contributed by atoms with Gasteiger partial charge in [-0.25, -0.2) is 4.79 Å². The third kappa shape index (κ3) is 3.68. The summed E-state index contributed by atoms with van der Waals surface area (Å²) in [6, 6.07) is 10.6. The van der Waals surface area contributed by atoms with Gasteiger partial charge in [0.2, 0.25) is 6.79 Å². The van der Waals surface area contributed by atoms with Gasteiger partial charge in [0.15, 0.2) is 11.5 Å². The molecule has 2 aromatic carbocycles. The molecule has 0 saturated carbocycles. The molecule has 0 saturated heterocycles. The Bertz CT molecular complexity index is 736. The zero-order chi connectivity index (χ0) is 16.2. The highest BCUT2D eigenvalue weighted by Crippen LogP contribution is 2.39. The number of carbonyl (C=O) groups excluding carboxylic acids is 1. The molecule has 0 fully saturated rings. The minimum absolute atomic E-state index is 0.209. The van der Waals surface area contributed by atoms with Crippen molar-refractivity contribution in [2.75, 3.05) is 19.2 Å². The summed E-state index contributed by atoms with van der Waals surface area (Å²) >= 11 is 3.43. The molecule has 3 rings (SSSR count). The summed E-state index contributed by atoms with van der Waals surface area (Å²) in [5.41, 5.74) is 1.57. The van der Waals surface area contributed by atoms with Gasteiger partial charge >= 0.3 is 6.03 Å². The molecular weight excluding hydrogens is 364 g/mol. The van der Waals surface area contributed by atoms with Gasteiger partial charge in [-0.05, 0) is 45.8 Å². The van der Waals surface area contributed by atoms with Crippen molar-refractivity contribution in [3.8, 4) is 17.2 Å². The van der Waals surface area contributed by atoms with Crippen LogP contribution in [0, 0.1) is 0 Å². The van der Waals surface area contributed by atoms with Crippen molar-refractivity contribution < 1.29 is 19.0 Å². The van der Waals surface area contributed by atoms with Gasteiger partial charge < -0.3 is 24.8 Å². The van der Waals surface area contributed by atoms with Crippen LogP contribution in [0.2, 0.25) is 0 Å². The zero-order valence-corrected chi connectivity index (χ0v) is 14.0. The monoisotopic (exact) mass is 378 g/mol. The van der Waals surface area contributed by atoms with Crippen molar-refractivity contribution in [1.29, 1.82) is 0 Å². The smallest absolute Gasteiger partial charge is 0.319 e. The number of halogens is 1. The molecule has 1 aliphatic rings. The van der Waals surface area contributed by atoms with E-state index in [9.17, 15) is 4.79 Å². The molecule has 7 heteroatoms. The first kappa shape index (κ1) is 15.5. The number of fused-ring (bicyclic) bond motifs is 1. The second-order valence-corrected chi connectivity index (χ2v) is 5.71. The Balaban J connectivity index is 1.60. The number of hydrogen-bond donors (Lipinski definition) is 2. The number of urea groups is 1. The van der Waals surface area contributed by atoms with E-state index in [-0.39, 0.29) is 12.8 Å². The molecule has 120 valence electrons. The molecule has 6 nitrogen and oxygen atoms in total. The second-order valence-electron chi connectivity index (χ2n) is 4.85. The Morgan fingerprint density at radius 2 is 2.17 bits per heavy atom. The van der Waals surface area contributed by atoms with Crippen LogP contribution in [-0.2, 0) is 6.54 Å². The van der Waals surface area contributed by atoms with E-state index in [0.29, 0.717) is 29.5 Å². The van der Waals surface area contributed by atoms with Crippen LogP contribution >= 0.6 is 15.9 Å². The molecule has 2 amide bonds. The molecule has 0 aliphatic carbocycles. The highest BCUT2D eigenvalue weighted by Gasteiger charge is 2.18. The van der Waals surface area contributed by atoms with E-state index in [4.69, 9.17) is 14.2 Å². The molecule has 23 heavy (non-hydrogen) atoms. The van der Waals surface area contributed by atoms with Crippen molar-refractivity contribution in [1.82, 2.24) is 5.32 Å². The van der Waals surface area contributed by atoms with E-state index < -0.39 is 0 Å². The number of amides is 2. The molecule has 1 aliphatic heterocycles. The molecule has 0 atom stereocenters. The normalized spacial score (nSPS) is 11.9. The quantitative estimate of drug-likeness (QED) is 0.853. The third-order valence-electron chi connectivity index (χ3n) is 3.27. The van der Waals surface area contributed by atoms with E-state index in [0.717, 1.165) is 10.0 Å². The maximum Gasteiger partial charge on any atom is 0.319 e. The van der Waals surface area contributed by atoms with Crippen LogP contribution < -0.4 is 24.8 Å². The first-order valence-corrected chi connectivity index (χ1v) is 7.72. The van der Waals surface area contributed by atoms with Crippen LogP contribution in [0.1, 0.15) is 5.56 Å². The summed E-state index contributed by atoms with van der Waals surface area (Å²) in [7, 11) is 1.58. The highest BCUT2D eigenvalue weighted by molar-refractivity contribution is 9.10. The molecule has 0 spiro atoms. The number of methoxy groups -OCH3 is 1. The lowest BCUT2D eigenvalue weighted by Crippen LogP contribution is -2.28. The Morgan fingerprint density at radius 1 is 1.30 bits per heavy atom. The molecule has 0 aromatic heterocycles. The molecule has 2 N–H and O–H groups in total. The average molecular weight is 379 g/mol. The van der Waals surface area contributed by atoms with Gasteiger partial charge in [-0.2, -0.15) is 0 Å². The standard InChI is InChI=1S/C16H15BrN2O4/c1-21-12-4-2-3-11(7-12)19-16(20)18-8-10-5-13(17)15-14(6-10)22-9-23-15/h2-7H,8-9H2,1H3,(H2,18,19,20). The van der Waals surface area contributed by atoms with Crippen LogP contribution in [0.15, 0.2) is 40.9 Å². The number of benzene rings is 2. The van der Waals surface area contributed by atoms with E-state index in [1.807, 2.05) is 24.3 Å². The van der Waals surface area contributed by atoms with Crippen molar-refractivity contribution in [3.05, 3.63) is 46.4 Å². The van der Waals surface area contributed by atoms with Gasteiger partial charge in [-0.15, -0.1) is 0 Å². The number of nitrogens with one attached hydrogen (secondary N) is 2. The summed E-state index contributed by atoms with van der Waals surface area (Å²) in [6.07, 6.45) is 0. The van der Waals surface area contributed by atoms with E-state index in [2.05, 4.69) is 26.6 Å².